The topological polar surface area (TPSA) is 167 Å². The number of anilines is 3. The quantitative estimate of drug-likeness (QED) is 0.165. The van der Waals surface area contributed by atoms with Gasteiger partial charge in [-0.3, -0.25) is 19.2 Å². The Bertz CT molecular complexity index is 1590. The van der Waals surface area contributed by atoms with Crippen molar-refractivity contribution in [2.75, 3.05) is 56.3 Å². The molecule has 0 saturated heterocycles. The Hall–Kier alpha value is -5.59. The summed E-state index contributed by atoms with van der Waals surface area (Å²) in [6.45, 7) is 5.17. The van der Waals surface area contributed by atoms with Gasteiger partial charge in [-0.2, -0.15) is 0 Å². The number of hydrogen-bond donors (Lipinski definition) is 4. The molecule has 0 spiro atoms. The van der Waals surface area contributed by atoms with Crippen molar-refractivity contribution in [1.82, 2.24) is 9.80 Å². The Morgan fingerprint density at radius 3 is 2.02 bits per heavy atom. The fraction of sp³-hybridized carbons (Fsp3) is 0.343. The van der Waals surface area contributed by atoms with E-state index in [4.69, 9.17) is 9.47 Å². The number of ether oxygens (including phenoxy) is 2. The number of para-hydroxylation sites is 1. The molecule has 0 aliphatic rings. The van der Waals surface area contributed by atoms with Gasteiger partial charge < -0.3 is 40.3 Å². The first-order chi connectivity index (χ1) is 22.9. The summed E-state index contributed by atoms with van der Waals surface area (Å²) in [4.78, 5) is 66.4. The predicted molar refractivity (Wildman–Crippen MR) is 183 cm³/mol. The van der Waals surface area contributed by atoms with Crippen LogP contribution in [-0.4, -0.2) is 85.0 Å². The number of carbonyl (C=O) groups excluding carboxylic acids is 4. The molecule has 3 aromatic rings. The van der Waals surface area contributed by atoms with Gasteiger partial charge >= 0.3 is 12.0 Å². The number of methoxy groups -OCH3 is 2. The van der Waals surface area contributed by atoms with E-state index in [1.807, 2.05) is 39.0 Å². The number of benzene rings is 3. The van der Waals surface area contributed by atoms with E-state index in [2.05, 4.69) is 16.0 Å². The molecule has 13 heteroatoms. The Balaban J connectivity index is 1.68. The fourth-order valence-electron chi connectivity index (χ4n) is 4.61. The Morgan fingerprint density at radius 1 is 0.771 bits per heavy atom. The lowest BCUT2D eigenvalue weighted by atomic mass is 10.1. The van der Waals surface area contributed by atoms with Crippen LogP contribution in [0.5, 0.6) is 11.5 Å². The van der Waals surface area contributed by atoms with E-state index in [0.29, 0.717) is 35.0 Å². The largest absolute Gasteiger partial charge is 0.493 e. The molecule has 0 bridgehead atoms. The maximum absolute atomic E-state index is 13.6. The zero-order valence-corrected chi connectivity index (χ0v) is 27.9. The molecule has 0 radical (unpaired) electrons. The van der Waals surface area contributed by atoms with Gasteiger partial charge in [-0.1, -0.05) is 32.0 Å². The minimum Gasteiger partial charge on any atom is -0.493 e. The van der Waals surface area contributed by atoms with Gasteiger partial charge in [-0.05, 0) is 73.4 Å². The van der Waals surface area contributed by atoms with Crippen LogP contribution in [-0.2, 0) is 14.4 Å². The molecule has 0 aliphatic carbocycles. The second-order valence-corrected chi connectivity index (χ2v) is 11.5. The van der Waals surface area contributed by atoms with Crippen LogP contribution in [0.4, 0.5) is 21.9 Å². The molecule has 256 valence electrons. The average molecular weight is 662 g/mol. The zero-order chi connectivity index (χ0) is 35.2. The van der Waals surface area contributed by atoms with Gasteiger partial charge in [-0.15, -0.1) is 0 Å². The van der Waals surface area contributed by atoms with E-state index in [9.17, 15) is 29.1 Å². The maximum atomic E-state index is 13.6. The van der Waals surface area contributed by atoms with Crippen molar-refractivity contribution in [2.24, 2.45) is 5.92 Å². The molecule has 5 amide bonds. The maximum Gasteiger partial charge on any atom is 0.323 e. The molecule has 0 saturated carbocycles. The highest BCUT2D eigenvalue weighted by atomic mass is 16.5. The second-order valence-electron chi connectivity index (χ2n) is 11.5. The number of rotatable bonds is 16. The number of hydrogen-bond acceptors (Lipinski definition) is 7. The van der Waals surface area contributed by atoms with Crippen molar-refractivity contribution in [3.05, 3.63) is 77.9 Å². The van der Waals surface area contributed by atoms with Gasteiger partial charge in [-0.25, -0.2) is 4.79 Å². The second kappa shape index (κ2) is 17.9. The van der Waals surface area contributed by atoms with E-state index in [0.717, 1.165) is 10.5 Å². The summed E-state index contributed by atoms with van der Waals surface area (Å²) in [6, 6.07) is 18.0. The Labute approximate surface area is 280 Å². The van der Waals surface area contributed by atoms with Crippen LogP contribution < -0.4 is 25.4 Å². The summed E-state index contributed by atoms with van der Waals surface area (Å²) in [6.07, 6.45) is 0.222. The van der Waals surface area contributed by atoms with Crippen LogP contribution in [0.1, 0.15) is 42.6 Å². The molecule has 0 atom stereocenters. The third-order valence-electron chi connectivity index (χ3n) is 7.32. The third kappa shape index (κ3) is 11.3. The Morgan fingerprint density at radius 2 is 1.42 bits per heavy atom. The highest BCUT2D eigenvalue weighted by Crippen LogP contribution is 2.28. The molecule has 0 aliphatic heterocycles. The summed E-state index contributed by atoms with van der Waals surface area (Å²) < 4.78 is 10.5. The van der Waals surface area contributed by atoms with Gasteiger partial charge in [0.15, 0.2) is 11.5 Å². The SMILES string of the molecule is COc1ccc(C(=O)N(CCC(=O)O)CC(=O)N(CCC(C)C)CC(=O)Nc2ccc(NC(=O)Nc3ccccc3C)cc2)cc1OC. The van der Waals surface area contributed by atoms with Crippen molar-refractivity contribution < 1.29 is 38.6 Å². The normalized spacial score (nSPS) is 10.5. The lowest BCUT2D eigenvalue weighted by Crippen LogP contribution is -2.46. The summed E-state index contributed by atoms with van der Waals surface area (Å²) in [5, 5.41) is 17.6. The van der Waals surface area contributed by atoms with E-state index < -0.39 is 36.3 Å². The minimum atomic E-state index is -1.13. The summed E-state index contributed by atoms with van der Waals surface area (Å²) in [5.74, 6) is -1.74. The molecule has 48 heavy (non-hydrogen) atoms. The number of aryl methyl sites for hydroxylation is 1. The lowest BCUT2D eigenvalue weighted by Gasteiger charge is -2.28. The van der Waals surface area contributed by atoms with Crippen LogP contribution >= 0.6 is 0 Å². The molecule has 0 heterocycles. The van der Waals surface area contributed by atoms with E-state index in [1.165, 1.54) is 31.3 Å². The van der Waals surface area contributed by atoms with E-state index in [-0.39, 0.29) is 37.5 Å². The summed E-state index contributed by atoms with van der Waals surface area (Å²) in [7, 11) is 2.88. The minimum absolute atomic E-state index is 0.183. The van der Waals surface area contributed by atoms with Crippen molar-refractivity contribution >= 4 is 46.8 Å². The van der Waals surface area contributed by atoms with Gasteiger partial charge in [0, 0.05) is 35.7 Å². The van der Waals surface area contributed by atoms with Crippen molar-refractivity contribution in [2.45, 2.75) is 33.6 Å². The summed E-state index contributed by atoms with van der Waals surface area (Å²) >= 11 is 0. The van der Waals surface area contributed by atoms with Crippen LogP contribution in [0.2, 0.25) is 0 Å². The van der Waals surface area contributed by atoms with Crippen molar-refractivity contribution in [3.8, 4) is 11.5 Å². The van der Waals surface area contributed by atoms with Crippen LogP contribution in [0.3, 0.4) is 0 Å². The van der Waals surface area contributed by atoms with Crippen LogP contribution in [0, 0.1) is 12.8 Å². The van der Waals surface area contributed by atoms with Gasteiger partial charge in [0.1, 0.15) is 6.54 Å². The molecule has 3 aromatic carbocycles. The molecule has 0 aromatic heterocycles. The van der Waals surface area contributed by atoms with E-state index >= 15 is 0 Å². The van der Waals surface area contributed by atoms with Gasteiger partial charge in [0.05, 0.1) is 27.2 Å². The standard InChI is InChI=1S/C35H43N5O8/c1-23(2)16-18-39(32(42)22-40(19-17-33(43)44)34(45)25-10-15-29(47-4)30(20-25)48-5)21-31(41)36-26-11-13-27(14-12-26)37-35(46)38-28-9-7-6-8-24(28)3/h6-15,20,23H,16-19,21-22H2,1-5H3,(H,36,41)(H,43,44)(H2,37,38,46). The fourth-order valence-corrected chi connectivity index (χ4v) is 4.61. The average Bonchev–Trinajstić information content (AvgIpc) is 3.05. The number of urea groups is 1. The number of nitrogens with zero attached hydrogens (tertiary/aromatic N) is 2. The molecule has 0 fully saturated rings. The zero-order valence-electron chi connectivity index (χ0n) is 27.9. The Kier molecular flexibility index (Phi) is 13.8. The first-order valence-electron chi connectivity index (χ1n) is 15.4. The van der Waals surface area contributed by atoms with Gasteiger partial charge in [0.25, 0.3) is 5.91 Å². The monoisotopic (exact) mass is 661 g/mol. The number of carboxylic acid groups (broad SMARTS) is 1. The highest BCUT2D eigenvalue weighted by Gasteiger charge is 2.25. The molecule has 4 N–H and O–H groups in total. The molecule has 3 rings (SSSR count). The number of carbonyl (C=O) groups is 5. The number of nitrogens with one attached hydrogen (secondary N) is 3. The van der Waals surface area contributed by atoms with Crippen molar-refractivity contribution in [1.29, 1.82) is 0 Å². The smallest absolute Gasteiger partial charge is 0.323 e. The van der Waals surface area contributed by atoms with Crippen molar-refractivity contribution in [3.63, 3.8) is 0 Å². The highest BCUT2D eigenvalue weighted by molar-refractivity contribution is 6.01. The first kappa shape index (κ1) is 36.9. The lowest BCUT2D eigenvalue weighted by molar-refractivity contribution is -0.138. The number of amides is 5. The predicted octanol–water partition coefficient (Wildman–Crippen LogP) is 5.09. The van der Waals surface area contributed by atoms with Crippen LogP contribution in [0.25, 0.3) is 0 Å². The number of carboxylic acids is 1. The number of aliphatic carboxylic acids is 1. The third-order valence-corrected chi connectivity index (χ3v) is 7.32. The molecular weight excluding hydrogens is 618 g/mol. The summed E-state index contributed by atoms with van der Waals surface area (Å²) in [5.41, 5.74) is 2.75. The first-order valence-corrected chi connectivity index (χ1v) is 15.4. The van der Waals surface area contributed by atoms with Crippen LogP contribution in [0.15, 0.2) is 66.7 Å². The van der Waals surface area contributed by atoms with E-state index in [1.54, 1.807) is 36.4 Å². The van der Waals surface area contributed by atoms with Gasteiger partial charge in [0.2, 0.25) is 11.8 Å². The molecule has 13 nitrogen and oxygen atoms in total. The molecular formula is C35H43N5O8. The molecule has 0 unspecified atom stereocenters.